The Hall–Kier alpha value is -1.42. The summed E-state index contributed by atoms with van der Waals surface area (Å²) in [7, 11) is 0. The highest BCUT2D eigenvalue weighted by molar-refractivity contribution is 7.80. The minimum absolute atomic E-state index is 0.183. The number of aromatic nitrogens is 2. The van der Waals surface area contributed by atoms with Crippen molar-refractivity contribution in [1.29, 1.82) is 0 Å². The summed E-state index contributed by atoms with van der Waals surface area (Å²) in [6.45, 7) is 0.613. The van der Waals surface area contributed by atoms with Crippen LogP contribution in [0.3, 0.4) is 0 Å². The van der Waals surface area contributed by atoms with Gasteiger partial charge in [0.25, 0.3) is 0 Å². The van der Waals surface area contributed by atoms with E-state index in [4.69, 9.17) is 0 Å². The van der Waals surface area contributed by atoms with Gasteiger partial charge in [-0.1, -0.05) is 30.3 Å². The molecule has 0 fully saturated rings. The fraction of sp³-hybridized carbons (Fsp3) is 0.182. The van der Waals surface area contributed by atoms with Gasteiger partial charge in [-0.2, -0.15) is 17.7 Å². The van der Waals surface area contributed by atoms with Crippen molar-refractivity contribution in [3.05, 3.63) is 36.4 Å². The summed E-state index contributed by atoms with van der Waals surface area (Å²) >= 11 is 4.10. The van der Waals surface area contributed by atoms with Crippen molar-refractivity contribution in [3.63, 3.8) is 0 Å². The first kappa shape index (κ1) is 10.1. The van der Waals surface area contributed by atoms with Crippen LogP contribution in [-0.4, -0.2) is 20.6 Å². The van der Waals surface area contributed by atoms with Gasteiger partial charge < -0.3 is 5.11 Å². The van der Waals surface area contributed by atoms with Crippen molar-refractivity contribution in [2.24, 2.45) is 0 Å². The zero-order valence-corrected chi connectivity index (χ0v) is 9.06. The zero-order valence-electron chi connectivity index (χ0n) is 8.17. The topological polar surface area (TPSA) is 38.1 Å². The van der Waals surface area contributed by atoms with Gasteiger partial charge in [0.2, 0.25) is 5.88 Å². The van der Waals surface area contributed by atoms with E-state index in [1.807, 2.05) is 30.3 Å². The molecular formula is C11H12N2OS. The van der Waals surface area contributed by atoms with Gasteiger partial charge >= 0.3 is 0 Å². The van der Waals surface area contributed by atoms with E-state index in [-0.39, 0.29) is 5.88 Å². The molecule has 2 aromatic rings. The molecule has 3 nitrogen and oxygen atoms in total. The van der Waals surface area contributed by atoms with Gasteiger partial charge in [0.05, 0.1) is 12.2 Å². The van der Waals surface area contributed by atoms with Crippen molar-refractivity contribution >= 4 is 12.6 Å². The van der Waals surface area contributed by atoms with E-state index < -0.39 is 0 Å². The molecule has 0 aliphatic rings. The first-order chi connectivity index (χ1) is 7.31. The molecule has 0 aliphatic heterocycles. The Labute approximate surface area is 93.8 Å². The molecule has 0 saturated carbocycles. The predicted octanol–water partition coefficient (Wildman–Crippen LogP) is 2.19. The van der Waals surface area contributed by atoms with Crippen molar-refractivity contribution in [2.75, 3.05) is 5.75 Å². The zero-order chi connectivity index (χ0) is 10.7. The first-order valence-corrected chi connectivity index (χ1v) is 5.37. The van der Waals surface area contributed by atoms with Gasteiger partial charge in [0.1, 0.15) is 0 Å². The third kappa shape index (κ3) is 2.15. The van der Waals surface area contributed by atoms with Crippen LogP contribution in [-0.2, 0) is 6.54 Å². The second-order valence-corrected chi connectivity index (χ2v) is 3.65. The number of rotatable bonds is 3. The third-order valence-electron chi connectivity index (χ3n) is 2.14. The summed E-state index contributed by atoms with van der Waals surface area (Å²) in [6.07, 6.45) is 0. The standard InChI is InChI=1S/C11H12N2OS/c14-11-8-10(12-13(11)6-7-15)9-4-2-1-3-5-9/h1-5,8,14-15H,6-7H2. The number of nitrogens with zero attached hydrogens (tertiary/aromatic N) is 2. The summed E-state index contributed by atoms with van der Waals surface area (Å²) < 4.78 is 1.55. The van der Waals surface area contributed by atoms with Crippen molar-refractivity contribution in [1.82, 2.24) is 9.78 Å². The summed E-state index contributed by atoms with van der Waals surface area (Å²) in [5, 5.41) is 13.9. The lowest BCUT2D eigenvalue weighted by Gasteiger charge is -1.98. The quantitative estimate of drug-likeness (QED) is 0.778. The van der Waals surface area contributed by atoms with E-state index in [0.717, 1.165) is 11.3 Å². The minimum Gasteiger partial charge on any atom is -0.493 e. The lowest BCUT2D eigenvalue weighted by atomic mass is 10.2. The molecule has 1 heterocycles. The van der Waals surface area contributed by atoms with E-state index in [1.54, 1.807) is 10.7 Å². The Morgan fingerprint density at radius 3 is 2.67 bits per heavy atom. The summed E-state index contributed by atoms with van der Waals surface area (Å²) in [4.78, 5) is 0. The maximum absolute atomic E-state index is 9.59. The van der Waals surface area contributed by atoms with Crippen LogP contribution in [0.5, 0.6) is 5.88 Å². The van der Waals surface area contributed by atoms with Crippen LogP contribution in [0, 0.1) is 0 Å². The fourth-order valence-corrected chi connectivity index (χ4v) is 1.61. The summed E-state index contributed by atoms with van der Waals surface area (Å²) in [5.41, 5.74) is 1.79. The number of aromatic hydroxyl groups is 1. The van der Waals surface area contributed by atoms with Crippen LogP contribution in [0.4, 0.5) is 0 Å². The van der Waals surface area contributed by atoms with Crippen molar-refractivity contribution in [2.45, 2.75) is 6.54 Å². The summed E-state index contributed by atoms with van der Waals surface area (Å²) in [5.74, 6) is 0.839. The molecule has 78 valence electrons. The number of benzene rings is 1. The molecule has 0 bridgehead atoms. The average molecular weight is 220 g/mol. The SMILES string of the molecule is Oc1cc(-c2ccccc2)nn1CCS. The molecular weight excluding hydrogens is 208 g/mol. The number of hydrogen-bond donors (Lipinski definition) is 2. The number of aryl methyl sites for hydroxylation is 1. The Kier molecular flexibility index (Phi) is 2.97. The Morgan fingerprint density at radius 2 is 2.00 bits per heavy atom. The monoisotopic (exact) mass is 220 g/mol. The molecule has 0 atom stereocenters. The molecule has 0 saturated heterocycles. The average Bonchev–Trinajstić information content (AvgIpc) is 2.63. The first-order valence-electron chi connectivity index (χ1n) is 4.74. The maximum Gasteiger partial charge on any atom is 0.209 e. The van der Waals surface area contributed by atoms with Crippen LogP contribution in [0.2, 0.25) is 0 Å². The highest BCUT2D eigenvalue weighted by atomic mass is 32.1. The van der Waals surface area contributed by atoms with Crippen LogP contribution < -0.4 is 0 Å². The molecule has 4 heteroatoms. The highest BCUT2D eigenvalue weighted by Gasteiger charge is 2.06. The van der Waals surface area contributed by atoms with E-state index in [9.17, 15) is 5.11 Å². The number of thiol groups is 1. The van der Waals surface area contributed by atoms with E-state index >= 15 is 0 Å². The van der Waals surface area contributed by atoms with Crippen LogP contribution in [0.1, 0.15) is 0 Å². The normalized spacial score (nSPS) is 10.5. The van der Waals surface area contributed by atoms with Crippen LogP contribution >= 0.6 is 12.6 Å². The summed E-state index contributed by atoms with van der Waals surface area (Å²) in [6, 6.07) is 11.4. The van der Waals surface area contributed by atoms with Gasteiger partial charge in [0, 0.05) is 17.4 Å². The molecule has 0 spiro atoms. The van der Waals surface area contributed by atoms with E-state index in [1.165, 1.54) is 0 Å². The molecule has 1 aromatic carbocycles. The van der Waals surface area contributed by atoms with E-state index in [0.29, 0.717) is 12.3 Å². The second kappa shape index (κ2) is 4.40. The van der Waals surface area contributed by atoms with Crippen molar-refractivity contribution < 1.29 is 5.11 Å². The lowest BCUT2D eigenvalue weighted by Crippen LogP contribution is -2.00. The highest BCUT2D eigenvalue weighted by Crippen LogP contribution is 2.21. The third-order valence-corrected chi connectivity index (χ3v) is 2.34. The molecule has 0 unspecified atom stereocenters. The van der Waals surface area contributed by atoms with Gasteiger partial charge in [0.15, 0.2) is 0 Å². The minimum atomic E-state index is 0.183. The van der Waals surface area contributed by atoms with Crippen molar-refractivity contribution in [3.8, 4) is 17.1 Å². The fourth-order valence-electron chi connectivity index (χ4n) is 1.42. The molecule has 0 radical (unpaired) electrons. The van der Waals surface area contributed by atoms with Gasteiger partial charge in [-0.25, -0.2) is 4.68 Å². The Morgan fingerprint density at radius 1 is 1.27 bits per heavy atom. The largest absolute Gasteiger partial charge is 0.493 e. The molecule has 0 aliphatic carbocycles. The smallest absolute Gasteiger partial charge is 0.209 e. The molecule has 15 heavy (non-hydrogen) atoms. The van der Waals surface area contributed by atoms with Gasteiger partial charge in [-0.3, -0.25) is 0 Å². The Balaban J connectivity index is 2.34. The second-order valence-electron chi connectivity index (χ2n) is 3.20. The molecule has 0 amide bonds. The Bertz CT molecular complexity index is 439. The van der Waals surface area contributed by atoms with Gasteiger partial charge in [-0.15, -0.1) is 0 Å². The number of hydrogen-bond acceptors (Lipinski definition) is 3. The predicted molar refractivity (Wildman–Crippen MR) is 63.2 cm³/mol. The van der Waals surface area contributed by atoms with Crippen LogP contribution in [0.15, 0.2) is 36.4 Å². The molecule has 1 aromatic heterocycles. The molecule has 2 rings (SSSR count). The molecule has 1 N–H and O–H groups in total. The lowest BCUT2D eigenvalue weighted by molar-refractivity contribution is 0.406. The van der Waals surface area contributed by atoms with Crippen LogP contribution in [0.25, 0.3) is 11.3 Å². The van der Waals surface area contributed by atoms with Gasteiger partial charge in [-0.05, 0) is 0 Å². The maximum atomic E-state index is 9.59. The van der Waals surface area contributed by atoms with E-state index in [2.05, 4.69) is 17.7 Å².